The zero-order valence-electron chi connectivity index (χ0n) is 10.2. The summed E-state index contributed by atoms with van der Waals surface area (Å²) in [6.07, 6.45) is 1.90. The fourth-order valence-electron chi connectivity index (χ4n) is 1.96. The van der Waals surface area contributed by atoms with E-state index in [-0.39, 0.29) is 0 Å². The Morgan fingerprint density at radius 1 is 1.10 bits per heavy atom. The number of pyridine rings is 1. The zero-order chi connectivity index (χ0) is 13.5. The molecule has 0 fully saturated rings. The van der Waals surface area contributed by atoms with Crippen LogP contribution < -0.4 is 5.73 Å². The zero-order valence-corrected chi connectivity index (χ0v) is 11.0. The van der Waals surface area contributed by atoms with Crippen molar-refractivity contribution < 1.29 is 4.42 Å². The van der Waals surface area contributed by atoms with Crippen LogP contribution in [0.25, 0.3) is 16.7 Å². The van der Waals surface area contributed by atoms with Crippen molar-refractivity contribution in [2.75, 3.05) is 5.73 Å². The van der Waals surface area contributed by atoms with Gasteiger partial charge in [-0.3, -0.25) is 4.40 Å². The molecule has 0 saturated carbocycles. The van der Waals surface area contributed by atoms with Crippen molar-refractivity contribution in [1.82, 2.24) is 19.6 Å². The monoisotopic (exact) mass is 283 g/mol. The van der Waals surface area contributed by atoms with Gasteiger partial charge in [-0.2, -0.15) is 0 Å². The fourth-order valence-corrected chi connectivity index (χ4v) is 2.72. The quantitative estimate of drug-likeness (QED) is 0.569. The summed E-state index contributed by atoms with van der Waals surface area (Å²) in [5.74, 6) is 0. The molecular weight excluding hydrogens is 274 g/mol. The van der Waals surface area contributed by atoms with E-state index in [0.29, 0.717) is 27.2 Å². The van der Waals surface area contributed by atoms with E-state index in [1.54, 1.807) is 6.07 Å². The van der Waals surface area contributed by atoms with Gasteiger partial charge in [-0.25, -0.2) is 4.98 Å². The molecule has 3 heterocycles. The van der Waals surface area contributed by atoms with Crippen LogP contribution in [0.5, 0.6) is 0 Å². The minimum Gasteiger partial charge on any atom is -0.431 e. The van der Waals surface area contributed by atoms with Crippen LogP contribution in [0.1, 0.15) is 0 Å². The molecule has 98 valence electrons. The Hall–Kier alpha value is -2.54. The van der Waals surface area contributed by atoms with Crippen LogP contribution in [0.15, 0.2) is 57.4 Å². The summed E-state index contributed by atoms with van der Waals surface area (Å²) in [5.41, 5.74) is 8.59. The highest BCUT2D eigenvalue weighted by molar-refractivity contribution is 7.99. The minimum absolute atomic E-state index is 0.496. The van der Waals surface area contributed by atoms with Crippen LogP contribution in [-0.4, -0.2) is 19.6 Å². The van der Waals surface area contributed by atoms with E-state index >= 15 is 0 Å². The number of nitrogens with zero attached hydrogens (tertiary/aromatic N) is 4. The molecule has 4 aromatic rings. The number of aromatic nitrogens is 4. The third kappa shape index (κ3) is 1.71. The van der Waals surface area contributed by atoms with Crippen LogP contribution in [-0.2, 0) is 0 Å². The second-order valence-corrected chi connectivity index (χ2v) is 5.11. The summed E-state index contributed by atoms with van der Waals surface area (Å²) in [7, 11) is 0. The van der Waals surface area contributed by atoms with Gasteiger partial charge in [0.15, 0.2) is 11.2 Å². The molecule has 20 heavy (non-hydrogen) atoms. The Morgan fingerprint density at radius 2 is 2.05 bits per heavy atom. The smallest absolute Gasteiger partial charge is 0.264 e. The molecule has 0 radical (unpaired) electrons. The van der Waals surface area contributed by atoms with Crippen molar-refractivity contribution in [2.24, 2.45) is 0 Å². The topological polar surface area (TPSA) is 82.2 Å². The van der Waals surface area contributed by atoms with Crippen LogP contribution in [0.4, 0.5) is 5.69 Å². The molecule has 0 aliphatic carbocycles. The summed E-state index contributed by atoms with van der Waals surface area (Å²) in [6.45, 7) is 0. The molecule has 0 atom stereocenters. The Morgan fingerprint density at radius 3 is 2.95 bits per heavy atom. The van der Waals surface area contributed by atoms with Crippen molar-refractivity contribution >= 4 is 34.2 Å². The Bertz CT molecular complexity index is 913. The molecule has 0 saturated heterocycles. The first-order chi connectivity index (χ1) is 9.81. The highest BCUT2D eigenvalue weighted by Gasteiger charge is 2.13. The van der Waals surface area contributed by atoms with Crippen molar-refractivity contribution in [2.45, 2.75) is 10.4 Å². The van der Waals surface area contributed by atoms with E-state index in [0.717, 1.165) is 5.65 Å². The molecular formula is C13H9N5OS. The number of nitrogens with two attached hydrogens (primary N) is 1. The SMILES string of the molecule is Nc1cccc2oc(Sc3nnc4ccccn34)nc12. The number of benzene rings is 1. The number of oxazole rings is 1. The average Bonchev–Trinajstić information content (AvgIpc) is 3.05. The van der Waals surface area contributed by atoms with Crippen molar-refractivity contribution in [1.29, 1.82) is 0 Å². The van der Waals surface area contributed by atoms with E-state index in [4.69, 9.17) is 10.2 Å². The lowest BCUT2D eigenvalue weighted by Crippen LogP contribution is -1.86. The van der Waals surface area contributed by atoms with E-state index in [9.17, 15) is 0 Å². The van der Waals surface area contributed by atoms with Crippen molar-refractivity contribution in [3.8, 4) is 0 Å². The second-order valence-electron chi connectivity index (χ2n) is 4.19. The summed E-state index contributed by atoms with van der Waals surface area (Å²) >= 11 is 1.31. The van der Waals surface area contributed by atoms with E-state index in [1.165, 1.54) is 11.8 Å². The van der Waals surface area contributed by atoms with Gasteiger partial charge in [0.1, 0.15) is 5.52 Å². The normalized spacial score (nSPS) is 11.4. The highest BCUT2D eigenvalue weighted by Crippen LogP contribution is 2.30. The highest BCUT2D eigenvalue weighted by atomic mass is 32.2. The van der Waals surface area contributed by atoms with Gasteiger partial charge < -0.3 is 10.2 Å². The van der Waals surface area contributed by atoms with Gasteiger partial charge in [-0.15, -0.1) is 10.2 Å². The van der Waals surface area contributed by atoms with Crippen LogP contribution in [0, 0.1) is 0 Å². The molecule has 4 rings (SSSR count). The van der Waals surface area contributed by atoms with Gasteiger partial charge >= 0.3 is 0 Å². The van der Waals surface area contributed by atoms with Gasteiger partial charge in [-0.05, 0) is 24.3 Å². The standard InChI is InChI=1S/C13H9N5OS/c14-8-4-3-5-9-11(8)15-13(19-9)20-12-17-16-10-6-1-2-7-18(10)12/h1-7H,14H2. The van der Waals surface area contributed by atoms with Crippen molar-refractivity contribution in [3.05, 3.63) is 42.6 Å². The maximum atomic E-state index is 5.87. The lowest BCUT2D eigenvalue weighted by Gasteiger charge is -1.94. The maximum absolute atomic E-state index is 5.87. The summed E-state index contributed by atoms with van der Waals surface area (Å²) < 4.78 is 7.54. The Kier molecular flexibility index (Phi) is 2.40. The van der Waals surface area contributed by atoms with Gasteiger partial charge in [0.25, 0.3) is 5.22 Å². The van der Waals surface area contributed by atoms with Crippen molar-refractivity contribution in [3.63, 3.8) is 0 Å². The summed E-state index contributed by atoms with van der Waals surface area (Å²) in [4.78, 5) is 4.38. The van der Waals surface area contributed by atoms with E-state index < -0.39 is 0 Å². The first-order valence-corrected chi connectivity index (χ1v) is 6.75. The van der Waals surface area contributed by atoms with Crippen LogP contribution in [0.2, 0.25) is 0 Å². The number of para-hydroxylation sites is 1. The van der Waals surface area contributed by atoms with Crippen LogP contribution >= 0.6 is 11.8 Å². The lowest BCUT2D eigenvalue weighted by molar-refractivity contribution is 0.488. The van der Waals surface area contributed by atoms with Gasteiger partial charge in [0.05, 0.1) is 5.69 Å². The van der Waals surface area contributed by atoms with E-state index in [1.807, 2.05) is 40.9 Å². The van der Waals surface area contributed by atoms with E-state index in [2.05, 4.69) is 15.2 Å². The Labute approximate surface area is 117 Å². The molecule has 0 spiro atoms. The number of rotatable bonds is 2. The number of hydrogen-bond donors (Lipinski definition) is 1. The molecule has 6 nitrogen and oxygen atoms in total. The lowest BCUT2D eigenvalue weighted by atomic mass is 10.3. The molecule has 3 aromatic heterocycles. The predicted octanol–water partition coefficient (Wildman–Crippen LogP) is 2.60. The summed E-state index contributed by atoms with van der Waals surface area (Å²) in [6, 6.07) is 11.2. The van der Waals surface area contributed by atoms with Gasteiger partial charge in [0.2, 0.25) is 5.16 Å². The van der Waals surface area contributed by atoms with Gasteiger partial charge in [-0.1, -0.05) is 12.1 Å². The molecule has 0 aliphatic rings. The number of fused-ring (bicyclic) bond motifs is 2. The van der Waals surface area contributed by atoms with Crippen LogP contribution in [0.3, 0.4) is 0 Å². The minimum atomic E-state index is 0.496. The maximum Gasteiger partial charge on any atom is 0.264 e. The molecule has 0 unspecified atom stereocenters. The third-order valence-corrected chi connectivity index (χ3v) is 3.70. The predicted molar refractivity (Wildman–Crippen MR) is 75.5 cm³/mol. The molecule has 1 aromatic carbocycles. The number of anilines is 1. The third-order valence-electron chi connectivity index (χ3n) is 2.89. The fraction of sp³-hybridized carbons (Fsp3) is 0. The molecule has 2 N–H and O–H groups in total. The first kappa shape index (κ1) is 11.3. The molecule has 7 heteroatoms. The largest absolute Gasteiger partial charge is 0.431 e. The van der Waals surface area contributed by atoms with Gasteiger partial charge in [0, 0.05) is 18.0 Å². The number of nitrogen functional groups attached to an aromatic ring is 1. The Balaban J connectivity index is 1.79. The molecule has 0 amide bonds. The molecule has 0 aliphatic heterocycles. The molecule has 0 bridgehead atoms. The number of hydrogen-bond acceptors (Lipinski definition) is 6. The first-order valence-electron chi connectivity index (χ1n) is 5.94. The second kappa shape index (κ2) is 4.24. The average molecular weight is 283 g/mol. The summed E-state index contributed by atoms with van der Waals surface area (Å²) in [5, 5.41) is 9.41.